The Balaban J connectivity index is 0. The van der Waals surface area contributed by atoms with Crippen molar-refractivity contribution in [1.82, 2.24) is 15.1 Å². The molecule has 8 heteroatoms. The quantitative estimate of drug-likeness (QED) is 0.320. The SMILES string of the molecule is C/C=C/SC(=C/C)/C(=C\CC)N/C=C/CC(F)(F)F.CC.CCCN1CCN(CCO)CC1. The minimum Gasteiger partial charge on any atom is -0.395 e. The maximum Gasteiger partial charge on any atom is 0.392 e. The van der Waals surface area contributed by atoms with E-state index in [9.17, 15) is 13.2 Å². The topological polar surface area (TPSA) is 38.7 Å². The molecule has 33 heavy (non-hydrogen) atoms. The molecule has 0 unspecified atom stereocenters. The highest BCUT2D eigenvalue weighted by molar-refractivity contribution is 8.06. The lowest BCUT2D eigenvalue weighted by molar-refractivity contribution is -0.125. The average molecular weight is 494 g/mol. The van der Waals surface area contributed by atoms with Crippen LogP contribution in [0.3, 0.4) is 0 Å². The standard InChI is InChI=1S/C14H20F3NS.C9H20N2O.C2H6/c1-4-8-12(13(6-3)19-11-5-2)18-10-7-9-14(15,16)17;1-2-3-10-4-6-11(7-5-10)8-9-12;1-2/h5-8,10-11,18H,4,9H2,1-3H3;12H,2-9H2,1H3;1-2H3/b10-7+,11-5+,12-8+,13-6+;;. The first kappa shape index (κ1) is 34.0. The first-order valence-electron chi connectivity index (χ1n) is 12.0. The molecule has 0 aromatic heterocycles. The van der Waals surface area contributed by atoms with Gasteiger partial charge in [-0.05, 0) is 44.8 Å². The van der Waals surface area contributed by atoms with Crippen molar-refractivity contribution in [1.29, 1.82) is 0 Å². The Bertz CT molecular complexity index is 554. The number of piperazine rings is 1. The Hall–Kier alpha value is -1.22. The fourth-order valence-electron chi connectivity index (χ4n) is 2.90. The summed E-state index contributed by atoms with van der Waals surface area (Å²) in [5.41, 5.74) is 0.825. The van der Waals surface area contributed by atoms with Gasteiger partial charge in [0.25, 0.3) is 0 Å². The van der Waals surface area contributed by atoms with E-state index in [4.69, 9.17) is 5.11 Å². The van der Waals surface area contributed by atoms with Gasteiger partial charge < -0.3 is 15.3 Å². The summed E-state index contributed by atoms with van der Waals surface area (Å²) < 4.78 is 36.0. The highest BCUT2D eigenvalue weighted by Crippen LogP contribution is 2.24. The summed E-state index contributed by atoms with van der Waals surface area (Å²) in [6.45, 7) is 19.0. The highest BCUT2D eigenvalue weighted by atomic mass is 32.2. The minimum absolute atomic E-state index is 0.299. The summed E-state index contributed by atoms with van der Waals surface area (Å²) >= 11 is 1.53. The normalized spacial score (nSPS) is 16.4. The zero-order chi connectivity index (χ0) is 25.5. The van der Waals surface area contributed by atoms with Crippen molar-refractivity contribution in [2.75, 3.05) is 45.9 Å². The number of aliphatic hydroxyl groups is 1. The predicted molar refractivity (Wildman–Crippen MR) is 139 cm³/mol. The fourth-order valence-corrected chi connectivity index (χ4v) is 3.59. The number of hydrogen-bond acceptors (Lipinski definition) is 5. The maximum atomic E-state index is 12.0. The number of allylic oxidation sites excluding steroid dienone is 4. The molecule has 0 saturated carbocycles. The van der Waals surface area contributed by atoms with Crippen LogP contribution in [0.25, 0.3) is 0 Å². The van der Waals surface area contributed by atoms with Crippen molar-refractivity contribution in [3.05, 3.63) is 46.5 Å². The number of nitrogens with one attached hydrogen (secondary N) is 1. The largest absolute Gasteiger partial charge is 0.395 e. The van der Waals surface area contributed by atoms with Gasteiger partial charge in [-0.15, -0.1) is 0 Å². The molecule has 0 aliphatic carbocycles. The van der Waals surface area contributed by atoms with Gasteiger partial charge in [-0.1, -0.05) is 63.8 Å². The van der Waals surface area contributed by atoms with Crippen molar-refractivity contribution >= 4 is 11.8 Å². The number of alkyl halides is 3. The minimum atomic E-state index is -4.16. The predicted octanol–water partition coefficient (Wildman–Crippen LogP) is 6.54. The Morgan fingerprint density at radius 2 is 1.61 bits per heavy atom. The van der Waals surface area contributed by atoms with Crippen LogP contribution in [0.4, 0.5) is 13.2 Å². The van der Waals surface area contributed by atoms with Crippen molar-refractivity contribution < 1.29 is 18.3 Å². The molecule has 4 nitrogen and oxygen atoms in total. The Kier molecular flexibility index (Phi) is 23.2. The third kappa shape index (κ3) is 19.9. The summed E-state index contributed by atoms with van der Waals surface area (Å²) in [7, 11) is 0. The lowest BCUT2D eigenvalue weighted by Gasteiger charge is -2.34. The first-order chi connectivity index (χ1) is 15.8. The van der Waals surface area contributed by atoms with Gasteiger partial charge in [0, 0.05) is 43.3 Å². The van der Waals surface area contributed by atoms with Gasteiger partial charge in [0.2, 0.25) is 0 Å². The zero-order valence-electron chi connectivity index (χ0n) is 21.4. The van der Waals surface area contributed by atoms with Crippen molar-refractivity contribution in [3.8, 4) is 0 Å². The average Bonchev–Trinajstić information content (AvgIpc) is 2.80. The van der Waals surface area contributed by atoms with Gasteiger partial charge in [0.1, 0.15) is 0 Å². The maximum absolute atomic E-state index is 12.0. The number of nitrogens with zero attached hydrogens (tertiary/aromatic N) is 2. The van der Waals surface area contributed by atoms with E-state index in [1.165, 1.54) is 44.0 Å². The lowest BCUT2D eigenvalue weighted by atomic mass is 10.3. The van der Waals surface area contributed by atoms with Gasteiger partial charge >= 0.3 is 6.18 Å². The molecule has 194 valence electrons. The zero-order valence-corrected chi connectivity index (χ0v) is 22.2. The molecule has 1 aliphatic rings. The molecule has 0 amide bonds. The van der Waals surface area contributed by atoms with Gasteiger partial charge in [-0.25, -0.2) is 0 Å². The fraction of sp³-hybridized carbons (Fsp3) is 0.680. The van der Waals surface area contributed by atoms with Crippen LogP contribution >= 0.6 is 11.8 Å². The van der Waals surface area contributed by atoms with Gasteiger partial charge in [0.05, 0.1) is 13.0 Å². The summed E-state index contributed by atoms with van der Waals surface area (Å²) in [4.78, 5) is 5.80. The van der Waals surface area contributed by atoms with Gasteiger partial charge in [0.15, 0.2) is 0 Å². The molecule has 1 aliphatic heterocycles. The molecule has 0 aromatic carbocycles. The number of thioether (sulfide) groups is 1. The number of halogens is 3. The lowest BCUT2D eigenvalue weighted by Crippen LogP contribution is -2.47. The van der Waals surface area contributed by atoms with Gasteiger partial charge in [-0.3, -0.25) is 4.90 Å². The Morgan fingerprint density at radius 1 is 1.03 bits per heavy atom. The van der Waals surface area contributed by atoms with Crippen LogP contribution < -0.4 is 5.32 Å². The van der Waals surface area contributed by atoms with Crippen LogP contribution in [0.1, 0.15) is 60.8 Å². The molecule has 0 aromatic rings. The van der Waals surface area contributed by atoms with Crippen LogP contribution in [-0.4, -0.2) is 67.0 Å². The van der Waals surface area contributed by atoms with Crippen LogP contribution in [0.15, 0.2) is 46.5 Å². The molecule has 0 spiro atoms. The summed E-state index contributed by atoms with van der Waals surface area (Å²) in [5, 5.41) is 13.6. The molecular weight excluding hydrogens is 447 g/mol. The summed E-state index contributed by atoms with van der Waals surface area (Å²) in [5.74, 6) is 0. The van der Waals surface area contributed by atoms with Crippen LogP contribution in [0, 0.1) is 0 Å². The number of rotatable bonds is 11. The van der Waals surface area contributed by atoms with E-state index in [0.717, 1.165) is 42.7 Å². The van der Waals surface area contributed by atoms with Crippen LogP contribution in [-0.2, 0) is 0 Å². The van der Waals surface area contributed by atoms with Crippen LogP contribution in [0.2, 0.25) is 0 Å². The molecular formula is C25H46F3N3OS. The second-order valence-electron chi connectivity index (χ2n) is 7.04. The Morgan fingerprint density at radius 3 is 2.03 bits per heavy atom. The van der Waals surface area contributed by atoms with E-state index in [1.807, 2.05) is 58.3 Å². The highest BCUT2D eigenvalue weighted by Gasteiger charge is 2.24. The van der Waals surface area contributed by atoms with Crippen molar-refractivity contribution in [2.45, 2.75) is 67.0 Å². The second-order valence-corrected chi connectivity index (χ2v) is 7.99. The van der Waals surface area contributed by atoms with E-state index >= 15 is 0 Å². The second kappa shape index (κ2) is 22.6. The molecule has 0 radical (unpaired) electrons. The molecule has 2 N–H and O–H groups in total. The Labute approximate surface area is 204 Å². The van der Waals surface area contributed by atoms with E-state index in [0.29, 0.717) is 6.61 Å². The number of aliphatic hydroxyl groups excluding tert-OH is 1. The molecule has 1 saturated heterocycles. The number of hydrogen-bond donors (Lipinski definition) is 2. The molecule has 1 fully saturated rings. The number of β-amino-alcohol motifs (C(OH)–C–C–N with tert-alkyl or cyclic N) is 1. The smallest absolute Gasteiger partial charge is 0.392 e. The van der Waals surface area contributed by atoms with Crippen molar-refractivity contribution in [2.24, 2.45) is 0 Å². The van der Waals surface area contributed by atoms with E-state index in [-0.39, 0.29) is 0 Å². The summed E-state index contributed by atoms with van der Waals surface area (Å²) in [6.07, 6.45) is 5.19. The third-order valence-electron chi connectivity index (χ3n) is 4.39. The van der Waals surface area contributed by atoms with E-state index < -0.39 is 12.6 Å². The molecule has 0 atom stereocenters. The van der Waals surface area contributed by atoms with Gasteiger partial charge in [-0.2, -0.15) is 13.2 Å². The molecule has 1 rings (SSSR count). The first-order valence-corrected chi connectivity index (χ1v) is 12.9. The summed E-state index contributed by atoms with van der Waals surface area (Å²) in [6, 6.07) is 0. The van der Waals surface area contributed by atoms with E-state index in [1.54, 1.807) is 0 Å². The van der Waals surface area contributed by atoms with Crippen molar-refractivity contribution in [3.63, 3.8) is 0 Å². The molecule has 0 bridgehead atoms. The van der Waals surface area contributed by atoms with E-state index in [2.05, 4.69) is 22.0 Å². The monoisotopic (exact) mass is 493 g/mol. The molecule has 1 heterocycles. The third-order valence-corrected chi connectivity index (χ3v) is 5.51. The van der Waals surface area contributed by atoms with Crippen LogP contribution in [0.5, 0.6) is 0 Å².